The molecular weight excluding hydrogens is 444 g/mol. The number of fused-ring (bicyclic) bond motifs is 7. The molecule has 7 rings (SSSR count). The van der Waals surface area contributed by atoms with E-state index < -0.39 is 0 Å². The molecule has 0 radical (unpaired) electrons. The predicted octanol–water partition coefficient (Wildman–Crippen LogP) is 5.81. The fraction of sp³-hybridized carbons (Fsp3) is 0.844. The van der Waals surface area contributed by atoms with Gasteiger partial charge in [-0.05, 0) is 106 Å². The van der Waals surface area contributed by atoms with E-state index in [9.17, 15) is 4.79 Å². The first kappa shape index (κ1) is 24.1. The summed E-state index contributed by atoms with van der Waals surface area (Å²) in [7, 11) is 0. The van der Waals surface area contributed by atoms with Crippen molar-refractivity contribution in [3.63, 3.8) is 0 Å². The molecule has 7 aliphatic rings. The molecule has 5 fully saturated rings. The van der Waals surface area contributed by atoms with Crippen LogP contribution in [0.25, 0.3) is 0 Å². The van der Waals surface area contributed by atoms with E-state index in [1.807, 2.05) is 5.57 Å². The molecular formula is C32H48N2O2. The number of hydrogen-bond donors (Lipinski definition) is 1. The molecule has 5 aliphatic carbocycles. The molecule has 4 nitrogen and oxygen atoms in total. The van der Waals surface area contributed by atoms with Gasteiger partial charge >= 0.3 is 0 Å². The number of nitrogens with zero attached hydrogens (tertiary/aromatic N) is 1. The maximum absolute atomic E-state index is 12.2. The Labute approximate surface area is 218 Å². The molecule has 9 atom stereocenters. The van der Waals surface area contributed by atoms with Crippen LogP contribution in [0.1, 0.15) is 97.3 Å². The number of rotatable bonds is 6. The fourth-order valence-corrected chi connectivity index (χ4v) is 10.6. The number of piperidine rings is 1. The van der Waals surface area contributed by atoms with Gasteiger partial charge < -0.3 is 10.5 Å². The average Bonchev–Trinajstić information content (AvgIpc) is 3.31. The first-order chi connectivity index (χ1) is 17.4. The van der Waals surface area contributed by atoms with E-state index in [1.165, 1.54) is 82.9 Å². The minimum absolute atomic E-state index is 0.0796. The van der Waals surface area contributed by atoms with Crippen molar-refractivity contribution in [2.75, 3.05) is 19.6 Å². The van der Waals surface area contributed by atoms with E-state index in [1.54, 1.807) is 5.57 Å². The van der Waals surface area contributed by atoms with E-state index >= 15 is 0 Å². The lowest BCUT2D eigenvalue weighted by atomic mass is 9.54. The van der Waals surface area contributed by atoms with Gasteiger partial charge in [-0.2, -0.15) is 0 Å². The van der Waals surface area contributed by atoms with Gasteiger partial charge in [0, 0.05) is 31.3 Å². The smallest absolute Gasteiger partial charge is 0.136 e. The van der Waals surface area contributed by atoms with Crippen LogP contribution in [0.4, 0.5) is 0 Å². The Balaban J connectivity index is 1.12. The number of ketones is 1. The summed E-state index contributed by atoms with van der Waals surface area (Å²) in [5.74, 6) is 4.27. The molecule has 2 heterocycles. The Morgan fingerprint density at radius 1 is 1.14 bits per heavy atom. The van der Waals surface area contributed by atoms with Crippen LogP contribution in [-0.4, -0.2) is 48.1 Å². The second-order valence-electron chi connectivity index (χ2n) is 14.1. The highest BCUT2D eigenvalue weighted by atomic mass is 16.5. The molecule has 0 aromatic rings. The van der Waals surface area contributed by atoms with Gasteiger partial charge in [0.05, 0.1) is 11.7 Å². The van der Waals surface area contributed by atoms with Gasteiger partial charge in [0.15, 0.2) is 0 Å². The Morgan fingerprint density at radius 2 is 2.00 bits per heavy atom. The topological polar surface area (TPSA) is 55.6 Å². The number of likely N-dealkylation sites (tertiary alicyclic amines) is 1. The van der Waals surface area contributed by atoms with Gasteiger partial charge in [0.25, 0.3) is 0 Å². The summed E-state index contributed by atoms with van der Waals surface area (Å²) in [5, 5.41) is 0. The molecule has 2 N–H and O–H groups in total. The highest BCUT2D eigenvalue weighted by Gasteiger charge is 2.68. The van der Waals surface area contributed by atoms with Gasteiger partial charge in [0.2, 0.25) is 0 Å². The van der Waals surface area contributed by atoms with E-state index in [-0.39, 0.29) is 11.0 Å². The molecule has 0 bridgehead atoms. The van der Waals surface area contributed by atoms with Gasteiger partial charge in [-0.1, -0.05) is 43.9 Å². The summed E-state index contributed by atoms with van der Waals surface area (Å²) in [4.78, 5) is 15.1. The third-order valence-electron chi connectivity index (χ3n) is 12.3. The van der Waals surface area contributed by atoms with Crippen molar-refractivity contribution in [3.8, 4) is 0 Å². The van der Waals surface area contributed by atoms with Crippen molar-refractivity contribution in [2.45, 2.75) is 115 Å². The van der Waals surface area contributed by atoms with Crippen molar-refractivity contribution in [3.05, 3.63) is 22.8 Å². The van der Waals surface area contributed by atoms with Gasteiger partial charge in [0.1, 0.15) is 5.78 Å². The van der Waals surface area contributed by atoms with Crippen molar-refractivity contribution in [2.24, 2.45) is 40.7 Å². The summed E-state index contributed by atoms with van der Waals surface area (Å²) in [5.41, 5.74) is 11.1. The zero-order chi connectivity index (χ0) is 24.7. The van der Waals surface area contributed by atoms with Crippen LogP contribution in [0.15, 0.2) is 22.8 Å². The maximum Gasteiger partial charge on any atom is 0.136 e. The second-order valence-corrected chi connectivity index (χ2v) is 14.1. The van der Waals surface area contributed by atoms with E-state index in [2.05, 4.69) is 24.8 Å². The summed E-state index contributed by atoms with van der Waals surface area (Å²) in [6.07, 6.45) is 18.3. The molecule has 1 unspecified atom stereocenters. The summed E-state index contributed by atoms with van der Waals surface area (Å²) < 4.78 is 7.24. The molecule has 0 aromatic heterocycles. The quantitative estimate of drug-likeness (QED) is 0.376. The Morgan fingerprint density at radius 3 is 2.86 bits per heavy atom. The number of hydrogen-bond acceptors (Lipinski definition) is 4. The molecule has 2 saturated heterocycles. The largest absolute Gasteiger partial charge is 0.365 e. The van der Waals surface area contributed by atoms with Gasteiger partial charge in [-0.3, -0.25) is 9.69 Å². The number of ether oxygens (including phenoxy) is 1. The number of allylic oxidation sites excluding steroid dienone is 3. The molecule has 1 spiro atoms. The van der Waals surface area contributed by atoms with Gasteiger partial charge in [-0.15, -0.1) is 0 Å². The second kappa shape index (κ2) is 8.78. The average molecular weight is 493 g/mol. The van der Waals surface area contributed by atoms with Crippen LogP contribution < -0.4 is 5.73 Å². The van der Waals surface area contributed by atoms with Crippen LogP contribution in [0.5, 0.6) is 0 Å². The number of nitrogens with two attached hydrogens (primary N) is 1. The monoisotopic (exact) mass is 492 g/mol. The lowest BCUT2D eigenvalue weighted by molar-refractivity contribution is -0.121. The lowest BCUT2D eigenvalue weighted by Gasteiger charge is -2.54. The van der Waals surface area contributed by atoms with Crippen molar-refractivity contribution < 1.29 is 9.53 Å². The normalized spacial score (nSPS) is 47.2. The van der Waals surface area contributed by atoms with Crippen molar-refractivity contribution >= 4 is 5.78 Å². The number of Topliss-reactive ketones (excluding diaryl/α,β-unsaturated/α-hetero) is 1. The van der Waals surface area contributed by atoms with Crippen LogP contribution >= 0.6 is 0 Å². The van der Waals surface area contributed by atoms with Gasteiger partial charge in [-0.25, -0.2) is 0 Å². The number of carbonyl (C=O) groups is 1. The van der Waals surface area contributed by atoms with Crippen LogP contribution in [-0.2, 0) is 9.53 Å². The summed E-state index contributed by atoms with van der Waals surface area (Å²) in [6.45, 7) is 8.29. The number of unbranched alkanes of at least 4 members (excludes halogenated alkanes) is 3. The minimum atomic E-state index is 0.0796. The molecule has 0 amide bonds. The first-order valence-corrected chi connectivity index (χ1v) is 15.5. The Bertz CT molecular complexity index is 985. The van der Waals surface area contributed by atoms with Crippen molar-refractivity contribution in [1.29, 1.82) is 0 Å². The molecule has 36 heavy (non-hydrogen) atoms. The molecule has 4 heteroatoms. The lowest BCUT2D eigenvalue weighted by Crippen LogP contribution is -2.57. The third kappa shape index (κ3) is 3.39. The van der Waals surface area contributed by atoms with E-state index in [4.69, 9.17) is 10.5 Å². The molecule has 3 saturated carbocycles. The molecule has 0 aromatic carbocycles. The van der Waals surface area contributed by atoms with Crippen molar-refractivity contribution in [1.82, 2.24) is 4.90 Å². The predicted molar refractivity (Wildman–Crippen MR) is 143 cm³/mol. The highest BCUT2D eigenvalue weighted by Crippen LogP contribution is 2.69. The first-order valence-electron chi connectivity index (χ1n) is 15.5. The minimum Gasteiger partial charge on any atom is -0.365 e. The van der Waals surface area contributed by atoms with Crippen LogP contribution in [0, 0.1) is 35.0 Å². The van der Waals surface area contributed by atoms with E-state index in [0.29, 0.717) is 17.9 Å². The van der Waals surface area contributed by atoms with Crippen LogP contribution in [0.3, 0.4) is 0 Å². The molecule has 2 aliphatic heterocycles. The highest BCUT2D eigenvalue weighted by molar-refractivity contribution is 5.82. The third-order valence-corrected chi connectivity index (χ3v) is 12.3. The SMILES string of the molecule is C[C@H]1C[C@H]2O[C@@]34CC[C@@H]5C(=C3C[C@@H]4C2N(CCCCCCN)C1)C[C@H]1[C@H]5CC=C2CC(=O)CC[C@@]21C. The summed E-state index contributed by atoms with van der Waals surface area (Å²) in [6, 6.07) is 0.649. The standard InChI is InChI=1S/C32H48N2O2/c1-20-15-29-30(34(19-20)14-6-4-3-5-13-33)28-18-27-25-17-26-24(23(25)10-12-32(27,28)36-29)8-7-21-16-22(35)9-11-31(21,26)2/h7,20,23-24,26,28-30H,3-6,8-19,33H2,1-2H3/t20-,23-,24-,26-,28+,29+,30?,31-,32-/m0/s1. The maximum atomic E-state index is 12.2. The van der Waals surface area contributed by atoms with Crippen LogP contribution in [0.2, 0.25) is 0 Å². The number of carbonyl (C=O) groups excluding carboxylic acids is 1. The Hall–Kier alpha value is -0.970. The molecule has 198 valence electrons. The Kier molecular flexibility index (Phi) is 5.88. The summed E-state index contributed by atoms with van der Waals surface area (Å²) >= 11 is 0. The van der Waals surface area contributed by atoms with E-state index in [0.717, 1.165) is 55.4 Å². The zero-order valence-electron chi connectivity index (χ0n) is 22.8. The fourth-order valence-electron chi connectivity index (χ4n) is 10.6. The zero-order valence-corrected chi connectivity index (χ0v) is 22.8.